The molecule has 1 heterocycles. The molecule has 20 heavy (non-hydrogen) atoms. The predicted octanol–water partition coefficient (Wildman–Crippen LogP) is 1.47. The molecule has 0 unspecified atom stereocenters. The highest BCUT2D eigenvalue weighted by Crippen LogP contribution is 2.17. The van der Waals surface area contributed by atoms with Gasteiger partial charge in [-0.05, 0) is 11.6 Å². The Kier molecular flexibility index (Phi) is 6.76. The third-order valence-corrected chi connectivity index (χ3v) is 3.97. The van der Waals surface area contributed by atoms with Crippen LogP contribution in [0.25, 0.3) is 0 Å². The fraction of sp³-hybridized carbons (Fsp3) is 0.600. The van der Waals surface area contributed by atoms with Crippen LogP contribution >= 0.6 is 11.6 Å². The number of benzene rings is 1. The van der Waals surface area contributed by atoms with E-state index in [1.54, 1.807) is 0 Å². The molecule has 1 N–H and O–H groups in total. The standard InChI is InChI=1S/C15H23ClN2O2/c16-15-4-2-1-3-14(15)13-18-7-5-17(6-8-18)9-11-20-12-10-19/h1-4,19H,5-13H2. The monoisotopic (exact) mass is 298 g/mol. The highest BCUT2D eigenvalue weighted by Gasteiger charge is 2.17. The Labute approximate surface area is 125 Å². The summed E-state index contributed by atoms with van der Waals surface area (Å²) in [4.78, 5) is 4.84. The maximum Gasteiger partial charge on any atom is 0.0698 e. The molecular formula is C15H23ClN2O2. The number of halogens is 1. The van der Waals surface area contributed by atoms with Crippen molar-refractivity contribution in [3.05, 3.63) is 34.9 Å². The number of ether oxygens (including phenoxy) is 1. The van der Waals surface area contributed by atoms with Crippen molar-refractivity contribution in [2.24, 2.45) is 0 Å². The minimum atomic E-state index is 0.103. The maximum absolute atomic E-state index is 8.64. The van der Waals surface area contributed by atoms with Crippen molar-refractivity contribution in [3.63, 3.8) is 0 Å². The first-order chi connectivity index (χ1) is 9.79. The van der Waals surface area contributed by atoms with Crippen LogP contribution in [0.3, 0.4) is 0 Å². The molecule has 1 aromatic rings. The number of rotatable bonds is 7. The molecule has 1 aliphatic heterocycles. The van der Waals surface area contributed by atoms with Gasteiger partial charge in [0.15, 0.2) is 0 Å². The summed E-state index contributed by atoms with van der Waals surface area (Å²) in [6, 6.07) is 8.05. The first kappa shape index (κ1) is 15.7. The SMILES string of the molecule is OCCOCCN1CCN(Cc2ccccc2Cl)CC1. The van der Waals surface area contributed by atoms with Crippen LogP contribution in [0.4, 0.5) is 0 Å². The van der Waals surface area contributed by atoms with Gasteiger partial charge in [-0.15, -0.1) is 0 Å². The average molecular weight is 299 g/mol. The van der Waals surface area contributed by atoms with Crippen molar-refractivity contribution in [2.45, 2.75) is 6.54 Å². The van der Waals surface area contributed by atoms with Crippen molar-refractivity contribution in [1.82, 2.24) is 9.80 Å². The van der Waals surface area contributed by atoms with E-state index in [1.807, 2.05) is 18.2 Å². The van der Waals surface area contributed by atoms with Crippen molar-refractivity contribution in [1.29, 1.82) is 0 Å². The number of aliphatic hydroxyl groups excluding tert-OH is 1. The minimum absolute atomic E-state index is 0.103. The van der Waals surface area contributed by atoms with Gasteiger partial charge in [0.2, 0.25) is 0 Å². The van der Waals surface area contributed by atoms with Crippen LogP contribution in [0.5, 0.6) is 0 Å². The van der Waals surface area contributed by atoms with Gasteiger partial charge in [0.25, 0.3) is 0 Å². The van der Waals surface area contributed by atoms with Gasteiger partial charge in [-0.2, -0.15) is 0 Å². The van der Waals surface area contributed by atoms with Crippen LogP contribution in [0, 0.1) is 0 Å². The number of hydrogen-bond acceptors (Lipinski definition) is 4. The highest BCUT2D eigenvalue weighted by molar-refractivity contribution is 6.31. The fourth-order valence-corrected chi connectivity index (χ4v) is 2.59. The second kappa shape index (κ2) is 8.60. The molecule has 0 bridgehead atoms. The third-order valence-electron chi connectivity index (χ3n) is 3.60. The lowest BCUT2D eigenvalue weighted by Gasteiger charge is -2.34. The molecule has 4 nitrogen and oxygen atoms in total. The van der Waals surface area contributed by atoms with Crippen molar-refractivity contribution >= 4 is 11.6 Å². The summed E-state index contributed by atoms with van der Waals surface area (Å²) < 4.78 is 5.30. The van der Waals surface area contributed by atoms with E-state index in [-0.39, 0.29) is 6.61 Å². The van der Waals surface area contributed by atoms with Gasteiger partial charge in [-0.1, -0.05) is 29.8 Å². The Bertz CT molecular complexity index is 395. The molecule has 0 radical (unpaired) electrons. The number of aliphatic hydroxyl groups is 1. The van der Waals surface area contributed by atoms with Gasteiger partial charge in [0, 0.05) is 44.3 Å². The zero-order valence-corrected chi connectivity index (χ0v) is 12.6. The van der Waals surface area contributed by atoms with Crippen LogP contribution < -0.4 is 0 Å². The van der Waals surface area contributed by atoms with Gasteiger partial charge < -0.3 is 9.84 Å². The van der Waals surface area contributed by atoms with Crippen LogP contribution in [0.1, 0.15) is 5.56 Å². The van der Waals surface area contributed by atoms with E-state index in [1.165, 1.54) is 5.56 Å². The number of piperazine rings is 1. The Hall–Kier alpha value is -0.650. The van der Waals surface area contributed by atoms with Crippen molar-refractivity contribution < 1.29 is 9.84 Å². The second-order valence-corrected chi connectivity index (χ2v) is 5.45. The minimum Gasteiger partial charge on any atom is -0.394 e. The first-order valence-electron chi connectivity index (χ1n) is 7.16. The molecule has 0 aromatic heterocycles. The smallest absolute Gasteiger partial charge is 0.0698 e. The van der Waals surface area contributed by atoms with Gasteiger partial charge in [-0.25, -0.2) is 0 Å². The van der Waals surface area contributed by atoms with Crippen LogP contribution in [0.15, 0.2) is 24.3 Å². The maximum atomic E-state index is 8.64. The molecule has 112 valence electrons. The lowest BCUT2D eigenvalue weighted by atomic mass is 10.2. The van der Waals surface area contributed by atoms with E-state index >= 15 is 0 Å². The lowest BCUT2D eigenvalue weighted by Crippen LogP contribution is -2.46. The molecule has 1 aromatic carbocycles. The van der Waals surface area contributed by atoms with E-state index in [9.17, 15) is 0 Å². The molecule has 2 rings (SSSR count). The van der Waals surface area contributed by atoms with E-state index in [0.717, 1.165) is 44.3 Å². The predicted molar refractivity (Wildman–Crippen MR) is 81.1 cm³/mol. The first-order valence-corrected chi connectivity index (χ1v) is 7.54. The summed E-state index contributed by atoms with van der Waals surface area (Å²) in [7, 11) is 0. The van der Waals surface area contributed by atoms with Gasteiger partial charge in [-0.3, -0.25) is 9.80 Å². The van der Waals surface area contributed by atoms with E-state index in [4.69, 9.17) is 21.4 Å². The lowest BCUT2D eigenvalue weighted by molar-refractivity contribution is 0.0564. The summed E-state index contributed by atoms with van der Waals surface area (Å²) in [5.74, 6) is 0. The molecule has 1 aliphatic rings. The van der Waals surface area contributed by atoms with Crippen molar-refractivity contribution in [3.8, 4) is 0 Å². The van der Waals surface area contributed by atoms with Crippen LogP contribution in [-0.2, 0) is 11.3 Å². The highest BCUT2D eigenvalue weighted by atomic mass is 35.5. The van der Waals surface area contributed by atoms with Gasteiger partial charge in [0.05, 0.1) is 19.8 Å². The molecule has 0 saturated carbocycles. The van der Waals surface area contributed by atoms with Crippen LogP contribution in [0.2, 0.25) is 5.02 Å². The molecule has 0 atom stereocenters. The normalized spacial score (nSPS) is 17.5. The van der Waals surface area contributed by atoms with Gasteiger partial charge >= 0.3 is 0 Å². The Balaban J connectivity index is 1.68. The molecule has 1 fully saturated rings. The van der Waals surface area contributed by atoms with Gasteiger partial charge in [0.1, 0.15) is 0 Å². The molecular weight excluding hydrogens is 276 g/mol. The summed E-state index contributed by atoms with van der Waals surface area (Å²) in [6.07, 6.45) is 0. The Morgan fingerprint density at radius 1 is 1.05 bits per heavy atom. The molecule has 5 heteroatoms. The molecule has 1 saturated heterocycles. The summed E-state index contributed by atoms with van der Waals surface area (Å²) in [6.45, 7) is 7.36. The molecule has 0 spiro atoms. The van der Waals surface area contributed by atoms with E-state index in [2.05, 4.69) is 15.9 Å². The quantitative estimate of drug-likeness (QED) is 0.773. The zero-order valence-electron chi connectivity index (χ0n) is 11.8. The second-order valence-electron chi connectivity index (χ2n) is 5.05. The number of nitrogens with zero attached hydrogens (tertiary/aromatic N) is 2. The summed E-state index contributed by atoms with van der Waals surface area (Å²) in [5, 5.41) is 9.50. The zero-order chi connectivity index (χ0) is 14.2. The Morgan fingerprint density at radius 3 is 2.45 bits per heavy atom. The Morgan fingerprint density at radius 2 is 1.75 bits per heavy atom. The largest absolute Gasteiger partial charge is 0.394 e. The molecule has 0 aliphatic carbocycles. The van der Waals surface area contributed by atoms with Crippen LogP contribution in [-0.4, -0.2) is 67.5 Å². The topological polar surface area (TPSA) is 35.9 Å². The fourth-order valence-electron chi connectivity index (χ4n) is 2.40. The number of hydrogen-bond donors (Lipinski definition) is 1. The van der Waals surface area contributed by atoms with E-state index < -0.39 is 0 Å². The average Bonchev–Trinajstić information content (AvgIpc) is 2.48. The van der Waals surface area contributed by atoms with E-state index in [0.29, 0.717) is 13.2 Å². The van der Waals surface area contributed by atoms with Crippen molar-refractivity contribution in [2.75, 3.05) is 52.5 Å². The summed E-state index contributed by atoms with van der Waals surface area (Å²) >= 11 is 6.20. The summed E-state index contributed by atoms with van der Waals surface area (Å²) in [5.41, 5.74) is 1.20. The third kappa shape index (κ3) is 5.04. The molecule has 0 amide bonds.